The number of phenolic OH excluding ortho intramolecular Hbond substituents is 4. The number of carbonyl (C=O) groups is 1. The number of ether oxygens (including phenoxy) is 1. The molecule has 0 radical (unpaired) electrons. The molecule has 5 N–H and O–H groups in total. The maximum absolute atomic E-state index is 12.4. The molecule has 0 unspecified atom stereocenters. The highest BCUT2D eigenvalue weighted by atomic mass is 16.5. The van der Waals surface area contributed by atoms with Crippen molar-refractivity contribution in [1.29, 1.82) is 0 Å². The van der Waals surface area contributed by atoms with Crippen LogP contribution in [0.3, 0.4) is 0 Å². The van der Waals surface area contributed by atoms with E-state index in [0.717, 1.165) is 6.07 Å². The van der Waals surface area contributed by atoms with Crippen molar-refractivity contribution in [1.82, 2.24) is 0 Å². The fourth-order valence-corrected chi connectivity index (χ4v) is 2.56. The zero-order valence-corrected chi connectivity index (χ0v) is 12.0. The zero-order chi connectivity index (χ0) is 16.9. The summed E-state index contributed by atoms with van der Waals surface area (Å²) in [5, 5.41) is 48.7. The van der Waals surface area contributed by atoms with Crippen molar-refractivity contribution in [2.75, 3.05) is 0 Å². The summed E-state index contributed by atoms with van der Waals surface area (Å²) < 4.78 is 5.60. The van der Waals surface area contributed by atoms with Crippen LogP contribution >= 0.6 is 0 Å². The molecule has 1 aliphatic rings. The molecule has 0 aromatic heterocycles. The van der Waals surface area contributed by atoms with Crippen molar-refractivity contribution in [3.8, 4) is 28.7 Å². The van der Waals surface area contributed by atoms with Gasteiger partial charge < -0.3 is 30.3 Å². The van der Waals surface area contributed by atoms with Crippen molar-refractivity contribution >= 4 is 5.78 Å². The van der Waals surface area contributed by atoms with Gasteiger partial charge in [-0.3, -0.25) is 4.79 Å². The van der Waals surface area contributed by atoms with Crippen LogP contribution in [-0.2, 0) is 0 Å². The highest BCUT2D eigenvalue weighted by Gasteiger charge is 2.40. The first-order chi connectivity index (χ1) is 10.8. The third kappa shape index (κ3) is 2.22. The highest BCUT2D eigenvalue weighted by Crippen LogP contribution is 2.45. The van der Waals surface area contributed by atoms with Crippen molar-refractivity contribution < 1.29 is 35.1 Å². The number of hydrogen-bond donors (Lipinski definition) is 5. The van der Waals surface area contributed by atoms with Crippen molar-refractivity contribution in [3.05, 3.63) is 41.0 Å². The van der Waals surface area contributed by atoms with Gasteiger partial charge in [-0.25, -0.2) is 0 Å². The van der Waals surface area contributed by atoms with Crippen LogP contribution in [0.4, 0.5) is 0 Å². The van der Waals surface area contributed by atoms with E-state index in [1.807, 2.05) is 0 Å². The van der Waals surface area contributed by atoms with Crippen LogP contribution in [0.5, 0.6) is 28.7 Å². The average Bonchev–Trinajstić information content (AvgIpc) is 2.50. The van der Waals surface area contributed by atoms with E-state index in [9.17, 15) is 30.3 Å². The Labute approximate surface area is 130 Å². The summed E-state index contributed by atoms with van der Waals surface area (Å²) in [6.45, 7) is 1.50. The van der Waals surface area contributed by atoms with Gasteiger partial charge in [-0.1, -0.05) is 6.07 Å². The molecular formula is C16H14O7. The molecule has 1 aliphatic heterocycles. The third-order valence-corrected chi connectivity index (χ3v) is 3.86. The number of Topliss-reactive ketones (excluding diaryl/α,β-unsaturated/α-hetero) is 1. The Balaban J connectivity index is 2.14. The molecule has 2 aromatic carbocycles. The molecule has 2 atom stereocenters. The first-order valence-corrected chi connectivity index (χ1v) is 6.77. The number of benzene rings is 2. The lowest BCUT2D eigenvalue weighted by Crippen LogP contribution is -2.36. The number of phenols is 4. The first-order valence-electron chi connectivity index (χ1n) is 6.77. The zero-order valence-electron chi connectivity index (χ0n) is 12.0. The number of aliphatic hydroxyl groups excluding tert-OH is 1. The quantitative estimate of drug-likeness (QED) is 0.504. The van der Waals surface area contributed by atoms with Crippen molar-refractivity contribution in [2.45, 2.75) is 19.1 Å². The van der Waals surface area contributed by atoms with Crippen LogP contribution in [-0.4, -0.2) is 37.4 Å². The Morgan fingerprint density at radius 2 is 1.65 bits per heavy atom. The summed E-state index contributed by atoms with van der Waals surface area (Å²) in [6, 6.07) is 4.76. The third-order valence-electron chi connectivity index (χ3n) is 3.86. The molecule has 0 amide bonds. The van der Waals surface area contributed by atoms with Crippen LogP contribution in [0.15, 0.2) is 24.3 Å². The smallest absolute Gasteiger partial charge is 0.202 e. The summed E-state index contributed by atoms with van der Waals surface area (Å²) in [4.78, 5) is 12.4. The number of aliphatic hydroxyl groups is 1. The summed E-state index contributed by atoms with van der Waals surface area (Å²) in [7, 11) is 0. The van der Waals surface area contributed by atoms with E-state index < -0.39 is 29.5 Å². The van der Waals surface area contributed by atoms with Crippen molar-refractivity contribution in [3.63, 3.8) is 0 Å². The Morgan fingerprint density at radius 3 is 2.30 bits per heavy atom. The lowest BCUT2D eigenvalue weighted by molar-refractivity contribution is 0.0206. The molecule has 7 heteroatoms. The molecule has 0 saturated carbocycles. The van der Waals surface area contributed by atoms with E-state index >= 15 is 0 Å². The lowest BCUT2D eigenvalue weighted by Gasteiger charge is -2.31. The molecule has 0 fully saturated rings. The van der Waals surface area contributed by atoms with Gasteiger partial charge in [0, 0.05) is 11.6 Å². The number of rotatable bonds is 1. The maximum atomic E-state index is 12.4. The molecule has 0 aliphatic carbocycles. The Hall–Kier alpha value is -2.93. The number of carbonyl (C=O) groups excluding carboxylic acids is 1. The van der Waals surface area contributed by atoms with E-state index in [0.29, 0.717) is 0 Å². The van der Waals surface area contributed by atoms with E-state index in [2.05, 4.69) is 0 Å². The Morgan fingerprint density at radius 1 is 0.957 bits per heavy atom. The van der Waals surface area contributed by atoms with E-state index in [1.54, 1.807) is 0 Å². The second-order valence-electron chi connectivity index (χ2n) is 5.34. The van der Waals surface area contributed by atoms with Crippen molar-refractivity contribution in [2.24, 2.45) is 0 Å². The second kappa shape index (κ2) is 5.06. The van der Waals surface area contributed by atoms with Gasteiger partial charge in [0.1, 0.15) is 22.8 Å². The first kappa shape index (κ1) is 15.0. The molecule has 2 aromatic rings. The Bertz CT molecular complexity index is 813. The number of fused-ring (bicyclic) bond motifs is 1. The molecule has 0 bridgehead atoms. The molecule has 0 saturated heterocycles. The predicted octanol–water partition coefficient (Wildman–Crippen LogP) is 1.49. The normalized spacial score (nSPS) is 20.0. The van der Waals surface area contributed by atoms with Gasteiger partial charge in [-0.15, -0.1) is 0 Å². The number of ketones is 1. The Kier molecular flexibility index (Phi) is 3.30. The monoisotopic (exact) mass is 318 g/mol. The summed E-state index contributed by atoms with van der Waals surface area (Å²) in [5.74, 6) is -2.30. The molecule has 0 spiro atoms. The molecule has 120 valence electrons. The minimum atomic E-state index is -1.61. The number of aromatic hydroxyl groups is 4. The van der Waals surface area contributed by atoms with Gasteiger partial charge in [0.15, 0.2) is 23.7 Å². The van der Waals surface area contributed by atoms with Crippen LogP contribution < -0.4 is 4.74 Å². The van der Waals surface area contributed by atoms with Gasteiger partial charge in [0.25, 0.3) is 0 Å². The SMILES string of the molecule is Cc1c(O)cc(O)c2c1O[C@@H](c1ccc(O)c(O)c1)[C@H](O)C2=O. The second-order valence-corrected chi connectivity index (χ2v) is 5.34. The summed E-state index contributed by atoms with van der Waals surface area (Å²) in [5.41, 5.74) is 0.298. The van der Waals surface area contributed by atoms with Gasteiger partial charge in [-0.2, -0.15) is 0 Å². The van der Waals surface area contributed by atoms with Gasteiger partial charge in [-0.05, 0) is 24.6 Å². The largest absolute Gasteiger partial charge is 0.507 e. The van der Waals surface area contributed by atoms with E-state index in [-0.39, 0.29) is 33.9 Å². The minimum Gasteiger partial charge on any atom is -0.507 e. The molecule has 1 heterocycles. The molecule has 23 heavy (non-hydrogen) atoms. The van der Waals surface area contributed by atoms with Crippen LogP contribution in [0, 0.1) is 6.92 Å². The molecule has 3 rings (SSSR count). The van der Waals surface area contributed by atoms with Gasteiger partial charge in [0.2, 0.25) is 5.78 Å². The standard InChI is InChI=1S/C16H14O7/c1-6-9(18)5-11(20)12-13(21)14(22)16(23-15(6)12)7-2-3-8(17)10(19)4-7/h2-5,14,16-20,22H,1H3/t14-,16+/m1/s1. The molecule has 7 nitrogen and oxygen atoms in total. The van der Waals surface area contributed by atoms with Crippen LogP contribution in [0.25, 0.3) is 0 Å². The topological polar surface area (TPSA) is 127 Å². The minimum absolute atomic E-state index is 0.0321. The molecular weight excluding hydrogens is 304 g/mol. The lowest BCUT2D eigenvalue weighted by atomic mass is 9.91. The fourth-order valence-electron chi connectivity index (χ4n) is 2.56. The maximum Gasteiger partial charge on any atom is 0.202 e. The van der Waals surface area contributed by atoms with Gasteiger partial charge in [0.05, 0.1) is 0 Å². The predicted molar refractivity (Wildman–Crippen MR) is 78.0 cm³/mol. The number of hydrogen-bond acceptors (Lipinski definition) is 7. The van der Waals surface area contributed by atoms with Gasteiger partial charge >= 0.3 is 0 Å². The van der Waals surface area contributed by atoms with E-state index in [4.69, 9.17) is 4.74 Å². The fraction of sp³-hybridized carbons (Fsp3) is 0.188. The highest BCUT2D eigenvalue weighted by molar-refractivity contribution is 6.06. The summed E-state index contributed by atoms with van der Waals surface area (Å²) in [6.07, 6.45) is -2.76. The van der Waals surface area contributed by atoms with Crippen LogP contribution in [0.1, 0.15) is 27.6 Å². The van der Waals surface area contributed by atoms with Crippen LogP contribution in [0.2, 0.25) is 0 Å². The average molecular weight is 318 g/mol. The van der Waals surface area contributed by atoms with E-state index in [1.165, 1.54) is 25.1 Å². The summed E-state index contributed by atoms with van der Waals surface area (Å²) >= 11 is 0.